The Morgan fingerprint density at radius 2 is 2.05 bits per heavy atom. The van der Waals surface area contributed by atoms with E-state index < -0.39 is 27.0 Å². The average molecular weight is 312 g/mol. The Morgan fingerprint density at radius 3 is 2.67 bits per heavy atom. The molecule has 0 spiro atoms. The largest absolute Gasteiger partial charge is 0.453 e. The second-order valence-electron chi connectivity index (χ2n) is 3.70. The third kappa shape index (κ3) is 4.51. The Labute approximate surface area is 121 Å². The summed E-state index contributed by atoms with van der Waals surface area (Å²) >= 11 is 0. The Balaban J connectivity index is 3.12. The highest BCUT2D eigenvalue weighted by molar-refractivity contribution is 7.90. The molecule has 112 valence electrons. The topological polar surface area (TPSA) is 111 Å². The molecule has 0 aliphatic rings. The molecule has 21 heavy (non-hydrogen) atoms. The van der Waals surface area contributed by atoms with Gasteiger partial charge in [-0.25, -0.2) is 9.59 Å². The van der Waals surface area contributed by atoms with Crippen LogP contribution in [0.4, 0.5) is 0 Å². The van der Waals surface area contributed by atoms with Crippen molar-refractivity contribution >= 4 is 28.3 Å². The molecule has 0 saturated carbocycles. The molecule has 0 bridgehead atoms. The van der Waals surface area contributed by atoms with Crippen LogP contribution in [0.3, 0.4) is 0 Å². The predicted molar refractivity (Wildman–Crippen MR) is 72.1 cm³/mol. The number of nitrogens with zero attached hydrogens (tertiary/aromatic N) is 2. The maximum Gasteiger partial charge on any atom is 0.340 e. The van der Waals surface area contributed by atoms with Gasteiger partial charge in [-0.1, -0.05) is 21.7 Å². The minimum absolute atomic E-state index is 0.242. The number of esters is 1. The van der Waals surface area contributed by atoms with Crippen LogP contribution in [0.1, 0.15) is 17.3 Å². The van der Waals surface area contributed by atoms with E-state index in [1.54, 1.807) is 0 Å². The van der Waals surface area contributed by atoms with Gasteiger partial charge < -0.3 is 9.57 Å². The maximum absolute atomic E-state index is 12.0. The number of carbonyl (C=O) groups is 1. The Bertz CT molecular complexity index is 691. The first-order valence-corrected chi connectivity index (χ1v) is 7.07. The summed E-state index contributed by atoms with van der Waals surface area (Å²) in [5, 5.41) is 3.43. The van der Waals surface area contributed by atoms with Crippen molar-refractivity contribution in [2.45, 2.75) is 17.9 Å². The summed E-state index contributed by atoms with van der Waals surface area (Å²) in [7, 11) is -2.97. The van der Waals surface area contributed by atoms with Crippen molar-refractivity contribution < 1.29 is 27.6 Å². The molecule has 0 aromatic heterocycles. The summed E-state index contributed by atoms with van der Waals surface area (Å²) in [4.78, 5) is 26.1. The molecule has 9 heteroatoms. The second-order valence-corrected chi connectivity index (χ2v) is 5.27. The zero-order valence-electron chi connectivity index (χ0n) is 11.2. The van der Waals surface area contributed by atoms with Gasteiger partial charge in [0.1, 0.15) is 18.1 Å². The molecule has 1 atom stereocenters. The van der Waals surface area contributed by atoms with E-state index in [1.165, 1.54) is 38.4 Å². The third-order valence-electron chi connectivity index (χ3n) is 2.21. The molecule has 1 rings (SSSR count). The molecular weight excluding hydrogens is 300 g/mol. The van der Waals surface area contributed by atoms with Crippen LogP contribution in [0.15, 0.2) is 38.7 Å². The van der Waals surface area contributed by atoms with Crippen molar-refractivity contribution in [1.29, 1.82) is 0 Å². The van der Waals surface area contributed by atoms with Crippen molar-refractivity contribution in [2.75, 3.05) is 7.11 Å². The van der Waals surface area contributed by atoms with Crippen LogP contribution < -0.4 is 0 Å². The maximum atomic E-state index is 12.0. The van der Waals surface area contributed by atoms with Crippen molar-refractivity contribution in [3.8, 4) is 0 Å². The van der Waals surface area contributed by atoms with Crippen molar-refractivity contribution in [3.05, 3.63) is 29.8 Å². The molecule has 0 heterocycles. The van der Waals surface area contributed by atoms with Crippen LogP contribution in [0.2, 0.25) is 0 Å². The first kappa shape index (κ1) is 16.5. The molecule has 1 aromatic carbocycles. The number of hydrogen-bond donors (Lipinski definition) is 0. The van der Waals surface area contributed by atoms with Gasteiger partial charge in [0.05, 0.1) is 11.8 Å². The molecule has 0 radical (unpaired) electrons. The number of hydrogen-bond acceptors (Lipinski definition) is 7. The molecule has 8 nitrogen and oxygen atoms in total. The van der Waals surface area contributed by atoms with Crippen LogP contribution in [-0.2, 0) is 24.4 Å². The highest BCUT2D eigenvalue weighted by Crippen LogP contribution is 2.19. The first-order valence-electron chi connectivity index (χ1n) is 5.63. The zero-order valence-corrected chi connectivity index (χ0v) is 12.0. The van der Waals surface area contributed by atoms with Gasteiger partial charge in [0.15, 0.2) is 0 Å². The van der Waals surface area contributed by atoms with E-state index in [2.05, 4.69) is 14.4 Å². The van der Waals surface area contributed by atoms with E-state index in [0.29, 0.717) is 0 Å². The Kier molecular flexibility index (Phi) is 5.77. The van der Waals surface area contributed by atoms with E-state index in [9.17, 15) is 18.0 Å². The Morgan fingerprint density at radius 1 is 1.38 bits per heavy atom. The lowest BCUT2D eigenvalue weighted by atomic mass is 10.2. The molecule has 0 saturated heterocycles. The lowest BCUT2D eigenvalue weighted by molar-refractivity contribution is 0.0449. The second kappa shape index (κ2) is 7.32. The van der Waals surface area contributed by atoms with Gasteiger partial charge in [-0.05, 0) is 19.1 Å². The molecule has 0 aliphatic heterocycles. The number of rotatable bonds is 6. The number of oxime groups is 1. The number of carbonyl (C=O) groups excluding carboxylic acids is 2. The van der Waals surface area contributed by atoms with Gasteiger partial charge in [-0.2, -0.15) is 8.42 Å². The molecule has 0 fully saturated rings. The summed E-state index contributed by atoms with van der Waals surface area (Å²) < 4.78 is 31.2. The van der Waals surface area contributed by atoms with E-state index >= 15 is 0 Å². The average Bonchev–Trinajstić information content (AvgIpc) is 2.45. The zero-order chi connectivity index (χ0) is 15.9. The lowest BCUT2D eigenvalue weighted by Gasteiger charge is -2.10. The van der Waals surface area contributed by atoms with Gasteiger partial charge in [0.25, 0.3) is 16.1 Å². The Hall–Kier alpha value is -2.51. The predicted octanol–water partition coefficient (Wildman–Crippen LogP) is 0.889. The van der Waals surface area contributed by atoms with Gasteiger partial charge in [0, 0.05) is 0 Å². The van der Waals surface area contributed by atoms with Gasteiger partial charge in [-0.15, -0.1) is 0 Å². The summed E-state index contributed by atoms with van der Waals surface area (Å²) in [5.41, 5.74) is -0.242. The van der Waals surface area contributed by atoms with Crippen molar-refractivity contribution in [1.82, 2.24) is 0 Å². The lowest BCUT2D eigenvalue weighted by Crippen LogP contribution is -2.18. The molecule has 0 aliphatic carbocycles. The van der Waals surface area contributed by atoms with Crippen LogP contribution in [-0.4, -0.2) is 39.9 Å². The smallest absolute Gasteiger partial charge is 0.340 e. The van der Waals surface area contributed by atoms with Crippen LogP contribution >= 0.6 is 0 Å². The highest BCUT2D eigenvalue weighted by Gasteiger charge is 2.23. The van der Waals surface area contributed by atoms with Crippen LogP contribution in [0.25, 0.3) is 0 Å². The van der Waals surface area contributed by atoms with Crippen molar-refractivity contribution in [2.24, 2.45) is 9.55 Å². The third-order valence-corrected chi connectivity index (χ3v) is 3.44. The SMILES string of the molecule is CON=CC(C)OC(=O)c1ccccc1S(=O)(=O)N=C=O. The first-order chi connectivity index (χ1) is 9.92. The highest BCUT2D eigenvalue weighted by atomic mass is 32.2. The van der Waals surface area contributed by atoms with Gasteiger partial charge in [0.2, 0.25) is 0 Å². The van der Waals surface area contributed by atoms with Gasteiger partial charge >= 0.3 is 5.97 Å². The monoisotopic (exact) mass is 312 g/mol. The minimum Gasteiger partial charge on any atom is -0.453 e. The van der Waals surface area contributed by atoms with Crippen LogP contribution in [0.5, 0.6) is 0 Å². The summed E-state index contributed by atoms with van der Waals surface area (Å²) in [6, 6.07) is 5.23. The van der Waals surface area contributed by atoms with E-state index in [-0.39, 0.29) is 5.56 Å². The van der Waals surface area contributed by atoms with E-state index in [1.807, 2.05) is 0 Å². The fourth-order valence-corrected chi connectivity index (χ4v) is 2.24. The quantitative estimate of drug-likeness (QED) is 0.334. The summed E-state index contributed by atoms with van der Waals surface area (Å²) in [5.74, 6) is -0.898. The molecule has 0 N–H and O–H groups in total. The van der Waals surface area contributed by atoms with E-state index in [4.69, 9.17) is 4.74 Å². The number of ether oxygens (including phenoxy) is 1. The van der Waals surface area contributed by atoms with Crippen molar-refractivity contribution in [3.63, 3.8) is 0 Å². The summed E-state index contributed by atoms with van der Waals surface area (Å²) in [6.45, 7) is 1.51. The fraction of sp³-hybridized carbons (Fsp3) is 0.250. The number of isocyanates is 1. The molecule has 1 aromatic rings. The summed E-state index contributed by atoms with van der Waals surface area (Å²) in [6.07, 6.45) is 1.43. The molecular formula is C12H12N2O6S. The minimum atomic E-state index is -4.30. The normalized spacial score (nSPS) is 12.5. The molecule has 0 amide bonds. The standard InChI is InChI=1S/C12H12N2O6S/c1-9(7-13-19-2)20-12(16)10-5-3-4-6-11(10)21(17,18)14-8-15/h3-7,9H,1-2H3. The van der Waals surface area contributed by atoms with Crippen LogP contribution in [0, 0.1) is 0 Å². The number of sulfonamides is 1. The van der Waals surface area contributed by atoms with E-state index in [0.717, 1.165) is 12.1 Å². The van der Waals surface area contributed by atoms with Gasteiger partial charge in [-0.3, -0.25) is 0 Å². The number of benzene rings is 1. The fourth-order valence-electron chi connectivity index (χ4n) is 1.37. The molecule has 1 unspecified atom stereocenters.